The monoisotopic (exact) mass is 624 g/mol. The summed E-state index contributed by atoms with van der Waals surface area (Å²) < 4.78 is 3.17. The van der Waals surface area contributed by atoms with Gasteiger partial charge in [-0.3, -0.25) is 9.36 Å². The molecule has 0 radical (unpaired) electrons. The number of amides is 1. The van der Waals surface area contributed by atoms with Gasteiger partial charge < -0.3 is 5.32 Å². The molecule has 0 saturated heterocycles. The molecule has 0 fully saturated rings. The van der Waals surface area contributed by atoms with Crippen molar-refractivity contribution in [3.8, 4) is 5.69 Å². The highest BCUT2D eigenvalue weighted by molar-refractivity contribution is 14.1. The number of hydrogen-bond acceptors (Lipinski definition) is 6. The first-order chi connectivity index (χ1) is 18.0. The first kappa shape index (κ1) is 26.9. The van der Waals surface area contributed by atoms with Gasteiger partial charge in [-0.25, -0.2) is 5.43 Å². The predicted molar refractivity (Wildman–Crippen MR) is 159 cm³/mol. The number of benzene rings is 3. The van der Waals surface area contributed by atoms with Crippen LogP contribution in [-0.4, -0.2) is 31.6 Å². The average Bonchev–Trinajstić information content (AvgIpc) is 3.33. The van der Waals surface area contributed by atoms with Gasteiger partial charge in [0, 0.05) is 27.1 Å². The summed E-state index contributed by atoms with van der Waals surface area (Å²) in [6.45, 7) is 4.39. The molecule has 1 heterocycles. The lowest BCUT2D eigenvalue weighted by Gasteiger charge is -2.14. The number of rotatable bonds is 11. The lowest BCUT2D eigenvalue weighted by atomic mass is 10.1. The molecule has 190 valence electrons. The van der Waals surface area contributed by atoms with Gasteiger partial charge >= 0.3 is 0 Å². The van der Waals surface area contributed by atoms with Crippen LogP contribution in [0, 0.1) is 3.57 Å². The third-order valence-corrected chi connectivity index (χ3v) is 7.41. The number of hydrazone groups is 1. The Kier molecular flexibility index (Phi) is 9.72. The maximum Gasteiger partial charge on any atom is 0.253 e. The summed E-state index contributed by atoms with van der Waals surface area (Å²) in [5.41, 5.74) is 6.79. The van der Waals surface area contributed by atoms with Crippen LogP contribution in [0.25, 0.3) is 5.69 Å². The molecule has 37 heavy (non-hydrogen) atoms. The number of aromatic nitrogens is 3. The Bertz CT molecular complexity index is 1330. The molecule has 4 aromatic rings. The van der Waals surface area contributed by atoms with Crippen LogP contribution in [0.3, 0.4) is 0 Å². The zero-order valence-corrected chi connectivity index (χ0v) is 23.7. The van der Waals surface area contributed by atoms with Gasteiger partial charge in [0.2, 0.25) is 0 Å². The van der Waals surface area contributed by atoms with Crippen LogP contribution in [0.4, 0.5) is 5.69 Å². The summed E-state index contributed by atoms with van der Waals surface area (Å²) in [4.78, 5) is 12.9. The quantitative estimate of drug-likeness (QED) is 0.0914. The summed E-state index contributed by atoms with van der Waals surface area (Å²) in [7, 11) is 0. The highest BCUT2D eigenvalue weighted by Gasteiger charge is 2.21. The SMILES string of the molecule is CCC(Cc1ccccc1)=NNC(=O)[C@H](C)Sc1nnc(CNc2ccc(I)cc2)n1-c1ccccc1. The first-order valence-corrected chi connectivity index (χ1v) is 14.0. The van der Waals surface area contributed by atoms with E-state index in [0.717, 1.165) is 29.3 Å². The Morgan fingerprint density at radius 1 is 1.00 bits per heavy atom. The molecule has 2 N–H and O–H groups in total. The fourth-order valence-electron chi connectivity index (χ4n) is 3.59. The summed E-state index contributed by atoms with van der Waals surface area (Å²) in [6, 6.07) is 28.3. The van der Waals surface area contributed by atoms with Crippen molar-refractivity contribution in [1.29, 1.82) is 0 Å². The normalized spacial score (nSPS) is 12.2. The van der Waals surface area contributed by atoms with Crippen molar-refractivity contribution >= 4 is 51.7 Å². The number of hydrogen-bond donors (Lipinski definition) is 2. The maximum atomic E-state index is 12.9. The highest BCUT2D eigenvalue weighted by Crippen LogP contribution is 2.26. The van der Waals surface area contributed by atoms with Crippen LogP contribution in [0.1, 0.15) is 31.7 Å². The van der Waals surface area contributed by atoms with E-state index in [4.69, 9.17) is 0 Å². The molecule has 1 amide bonds. The largest absolute Gasteiger partial charge is 0.378 e. The second-order valence-corrected chi connectivity index (χ2v) is 10.9. The molecule has 0 saturated carbocycles. The van der Waals surface area contributed by atoms with Gasteiger partial charge in [0.05, 0.1) is 11.8 Å². The number of para-hydroxylation sites is 1. The van der Waals surface area contributed by atoms with Crippen LogP contribution < -0.4 is 10.7 Å². The van der Waals surface area contributed by atoms with E-state index < -0.39 is 5.25 Å². The lowest BCUT2D eigenvalue weighted by Crippen LogP contribution is -2.28. The number of halogens is 1. The average molecular weight is 625 g/mol. The molecule has 7 nitrogen and oxygen atoms in total. The second kappa shape index (κ2) is 13.4. The van der Waals surface area contributed by atoms with E-state index in [-0.39, 0.29) is 5.91 Å². The Morgan fingerprint density at radius 2 is 1.68 bits per heavy atom. The minimum absolute atomic E-state index is 0.176. The van der Waals surface area contributed by atoms with E-state index >= 15 is 0 Å². The molecule has 0 bridgehead atoms. The van der Waals surface area contributed by atoms with Crippen molar-refractivity contribution in [2.24, 2.45) is 5.10 Å². The number of carbonyl (C=O) groups is 1. The Balaban J connectivity index is 1.46. The van der Waals surface area contributed by atoms with E-state index in [0.29, 0.717) is 18.1 Å². The Hall–Kier alpha value is -3.18. The molecule has 0 aliphatic rings. The van der Waals surface area contributed by atoms with Crippen LogP contribution in [-0.2, 0) is 17.8 Å². The van der Waals surface area contributed by atoms with Crippen LogP contribution in [0.5, 0.6) is 0 Å². The van der Waals surface area contributed by atoms with Crippen molar-refractivity contribution in [2.45, 2.75) is 43.6 Å². The van der Waals surface area contributed by atoms with Crippen molar-refractivity contribution < 1.29 is 4.79 Å². The predicted octanol–water partition coefficient (Wildman–Crippen LogP) is 6.09. The minimum atomic E-state index is -0.415. The molecule has 3 aromatic carbocycles. The van der Waals surface area contributed by atoms with E-state index in [2.05, 4.69) is 72.9 Å². The molecule has 4 rings (SSSR count). The molecular weight excluding hydrogens is 595 g/mol. The van der Waals surface area contributed by atoms with Gasteiger partial charge in [0.1, 0.15) is 0 Å². The summed E-state index contributed by atoms with van der Waals surface area (Å²) in [6.07, 6.45) is 1.47. The number of nitrogens with zero attached hydrogens (tertiary/aromatic N) is 4. The molecule has 0 aliphatic heterocycles. The smallest absolute Gasteiger partial charge is 0.253 e. The number of carbonyl (C=O) groups excluding carboxylic acids is 1. The fourth-order valence-corrected chi connectivity index (χ4v) is 4.83. The summed E-state index contributed by atoms with van der Waals surface area (Å²) in [5, 5.41) is 16.9. The van der Waals surface area contributed by atoms with E-state index in [9.17, 15) is 4.79 Å². The molecule has 0 spiro atoms. The molecule has 0 aliphatic carbocycles. The molecule has 1 atom stereocenters. The van der Waals surface area contributed by atoms with Crippen molar-refractivity contribution in [3.63, 3.8) is 0 Å². The lowest BCUT2D eigenvalue weighted by molar-refractivity contribution is -0.120. The van der Waals surface area contributed by atoms with Gasteiger partial charge in [-0.05, 0) is 77.9 Å². The van der Waals surface area contributed by atoms with Gasteiger partial charge in [0.25, 0.3) is 5.91 Å². The fraction of sp³-hybridized carbons (Fsp3) is 0.214. The standard InChI is InChI=1S/C28H29IN6OS/c1-3-23(18-21-10-6-4-7-11-21)31-33-27(36)20(2)37-28-34-32-26(35(28)25-12-8-5-9-13-25)19-30-24-16-14-22(29)15-17-24/h4-17,20,30H,3,18-19H2,1-2H3,(H,33,36)/t20-/m0/s1. The highest BCUT2D eigenvalue weighted by atomic mass is 127. The third-order valence-electron chi connectivity index (χ3n) is 5.64. The maximum absolute atomic E-state index is 12.9. The van der Waals surface area contributed by atoms with Crippen molar-refractivity contribution in [2.75, 3.05) is 5.32 Å². The van der Waals surface area contributed by atoms with E-state index in [1.54, 1.807) is 0 Å². The van der Waals surface area contributed by atoms with Crippen molar-refractivity contribution in [3.05, 3.63) is 99.9 Å². The number of thioether (sulfide) groups is 1. The van der Waals surface area contributed by atoms with Crippen LogP contribution in [0.2, 0.25) is 0 Å². The first-order valence-electron chi connectivity index (χ1n) is 12.1. The molecule has 9 heteroatoms. The topological polar surface area (TPSA) is 84.2 Å². The van der Waals surface area contributed by atoms with Crippen molar-refractivity contribution in [1.82, 2.24) is 20.2 Å². The zero-order chi connectivity index (χ0) is 26.0. The van der Waals surface area contributed by atoms with Gasteiger partial charge in [-0.2, -0.15) is 5.10 Å². The molecular formula is C28H29IN6OS. The van der Waals surface area contributed by atoms with Crippen LogP contribution >= 0.6 is 34.4 Å². The van der Waals surface area contributed by atoms with Gasteiger partial charge in [-0.1, -0.05) is 67.2 Å². The van der Waals surface area contributed by atoms with Gasteiger partial charge in [-0.15, -0.1) is 10.2 Å². The summed E-state index contributed by atoms with van der Waals surface area (Å²) in [5.74, 6) is 0.583. The van der Waals surface area contributed by atoms with Crippen LogP contribution in [0.15, 0.2) is 95.2 Å². The van der Waals surface area contributed by atoms with E-state index in [1.165, 1.54) is 20.9 Å². The number of anilines is 1. The third kappa shape index (κ3) is 7.65. The zero-order valence-electron chi connectivity index (χ0n) is 20.8. The summed E-state index contributed by atoms with van der Waals surface area (Å²) >= 11 is 3.65. The van der Waals surface area contributed by atoms with E-state index in [1.807, 2.05) is 79.1 Å². The second-order valence-electron chi connectivity index (χ2n) is 8.36. The molecule has 1 aromatic heterocycles. The minimum Gasteiger partial charge on any atom is -0.378 e. The van der Waals surface area contributed by atoms with Gasteiger partial charge in [0.15, 0.2) is 11.0 Å². The Morgan fingerprint density at radius 3 is 2.35 bits per heavy atom. The molecule has 0 unspecified atom stereocenters. The Labute approximate surface area is 235 Å². The number of nitrogens with one attached hydrogen (secondary N) is 2.